The van der Waals surface area contributed by atoms with E-state index in [4.69, 9.17) is 4.74 Å². The number of hydrogen-bond donors (Lipinski definition) is 3. The zero-order chi connectivity index (χ0) is 19.6. The number of fused-ring (bicyclic) bond motifs is 1. The number of halogens is 1. The second-order valence-electron chi connectivity index (χ2n) is 6.14. The van der Waals surface area contributed by atoms with E-state index >= 15 is 0 Å². The lowest BCUT2D eigenvalue weighted by atomic mass is 10.1. The van der Waals surface area contributed by atoms with E-state index in [1.807, 2.05) is 6.92 Å². The quantitative estimate of drug-likeness (QED) is 0.646. The van der Waals surface area contributed by atoms with Crippen molar-refractivity contribution < 1.29 is 18.7 Å². The maximum atomic E-state index is 13.6. The highest BCUT2D eigenvalue weighted by atomic mass is 19.1. The zero-order valence-electron chi connectivity index (χ0n) is 15.3. The van der Waals surface area contributed by atoms with E-state index < -0.39 is 0 Å². The van der Waals surface area contributed by atoms with Crippen molar-refractivity contribution in [3.63, 3.8) is 0 Å². The normalized spacial score (nSPS) is 10.7. The topological polar surface area (TPSA) is 83.2 Å². The van der Waals surface area contributed by atoms with Crippen LogP contribution in [0.4, 0.5) is 10.1 Å². The first-order valence-electron chi connectivity index (χ1n) is 8.39. The van der Waals surface area contributed by atoms with Crippen LogP contribution in [0, 0.1) is 12.7 Å². The minimum atomic E-state index is -0.358. The molecule has 0 saturated heterocycles. The van der Waals surface area contributed by atoms with Gasteiger partial charge < -0.3 is 20.4 Å². The molecule has 3 aromatic rings. The van der Waals surface area contributed by atoms with Crippen LogP contribution in [-0.4, -0.2) is 31.0 Å². The highest BCUT2D eigenvalue weighted by molar-refractivity contribution is 6.00. The fourth-order valence-corrected chi connectivity index (χ4v) is 3.03. The van der Waals surface area contributed by atoms with Crippen molar-refractivity contribution in [2.45, 2.75) is 13.3 Å². The molecule has 0 bridgehead atoms. The average molecular weight is 369 g/mol. The molecular formula is C20H20FN3O3. The minimum Gasteiger partial charge on any atom is -0.495 e. The van der Waals surface area contributed by atoms with Gasteiger partial charge in [0.1, 0.15) is 11.6 Å². The van der Waals surface area contributed by atoms with Gasteiger partial charge in [0.25, 0.3) is 5.91 Å². The van der Waals surface area contributed by atoms with Gasteiger partial charge in [0.15, 0.2) is 0 Å². The summed E-state index contributed by atoms with van der Waals surface area (Å²) in [6.07, 6.45) is 0.0582. The smallest absolute Gasteiger partial charge is 0.251 e. The summed E-state index contributed by atoms with van der Waals surface area (Å²) in [6, 6.07) is 9.21. The van der Waals surface area contributed by atoms with Crippen LogP contribution in [0.3, 0.4) is 0 Å². The highest BCUT2D eigenvalue weighted by Gasteiger charge is 2.16. The molecule has 0 aliphatic carbocycles. The molecule has 140 valence electrons. The SMILES string of the molecule is CNC(=O)c1ccc(OC)c(NC(=O)Cc2c(C)[nH]c3ccc(F)cc23)c1. The number of carbonyl (C=O) groups excluding carboxylic acids is 2. The Kier molecular flexibility index (Phi) is 5.12. The Morgan fingerprint density at radius 1 is 1.19 bits per heavy atom. The summed E-state index contributed by atoms with van der Waals surface area (Å²) in [5.41, 5.74) is 3.10. The van der Waals surface area contributed by atoms with E-state index in [9.17, 15) is 14.0 Å². The number of nitrogens with one attached hydrogen (secondary N) is 3. The fourth-order valence-electron chi connectivity index (χ4n) is 3.03. The Hall–Kier alpha value is -3.35. The molecule has 0 unspecified atom stereocenters. The van der Waals surface area contributed by atoms with Gasteiger partial charge in [-0.15, -0.1) is 0 Å². The Labute approximate surface area is 155 Å². The van der Waals surface area contributed by atoms with Crippen molar-refractivity contribution in [2.24, 2.45) is 0 Å². The van der Waals surface area contributed by atoms with E-state index in [0.29, 0.717) is 22.4 Å². The number of hydrogen-bond acceptors (Lipinski definition) is 3. The molecule has 2 aromatic carbocycles. The van der Waals surface area contributed by atoms with Gasteiger partial charge in [-0.3, -0.25) is 9.59 Å². The standard InChI is InChI=1S/C20H20FN3O3/c1-11-14(15-9-13(21)5-6-16(15)23-11)10-19(25)24-17-8-12(20(26)22-2)4-7-18(17)27-3/h4-9,23H,10H2,1-3H3,(H,22,26)(H,24,25). The van der Waals surface area contributed by atoms with Gasteiger partial charge in [-0.1, -0.05) is 0 Å². The molecule has 0 fully saturated rings. The predicted octanol–water partition coefficient (Wildman–Crippen LogP) is 3.16. The monoisotopic (exact) mass is 369 g/mol. The van der Waals surface area contributed by atoms with Gasteiger partial charge >= 0.3 is 0 Å². The number of anilines is 1. The zero-order valence-corrected chi connectivity index (χ0v) is 15.3. The van der Waals surface area contributed by atoms with Crippen LogP contribution in [0.25, 0.3) is 10.9 Å². The van der Waals surface area contributed by atoms with Crippen molar-refractivity contribution in [1.29, 1.82) is 0 Å². The third-order valence-electron chi connectivity index (χ3n) is 4.38. The maximum Gasteiger partial charge on any atom is 0.251 e. The highest BCUT2D eigenvalue weighted by Crippen LogP contribution is 2.27. The Bertz CT molecular complexity index is 1030. The third kappa shape index (κ3) is 3.76. The Morgan fingerprint density at radius 2 is 1.96 bits per heavy atom. The van der Waals surface area contributed by atoms with E-state index in [1.165, 1.54) is 26.3 Å². The van der Waals surface area contributed by atoms with Crippen LogP contribution in [0.15, 0.2) is 36.4 Å². The third-order valence-corrected chi connectivity index (χ3v) is 4.38. The molecule has 1 heterocycles. The molecule has 0 atom stereocenters. The molecule has 2 amide bonds. The Balaban J connectivity index is 1.87. The summed E-state index contributed by atoms with van der Waals surface area (Å²) in [4.78, 5) is 27.6. The minimum absolute atomic E-state index is 0.0582. The van der Waals surface area contributed by atoms with E-state index in [1.54, 1.807) is 24.3 Å². The summed E-state index contributed by atoms with van der Waals surface area (Å²) >= 11 is 0. The van der Waals surface area contributed by atoms with Crippen LogP contribution >= 0.6 is 0 Å². The summed E-state index contributed by atoms with van der Waals surface area (Å²) in [5, 5.41) is 5.99. The lowest BCUT2D eigenvalue weighted by molar-refractivity contribution is -0.115. The van der Waals surface area contributed by atoms with E-state index in [0.717, 1.165) is 16.8 Å². The van der Waals surface area contributed by atoms with Crippen LogP contribution < -0.4 is 15.4 Å². The molecule has 27 heavy (non-hydrogen) atoms. The molecule has 3 rings (SSSR count). The van der Waals surface area contributed by atoms with Gasteiger partial charge in [0.2, 0.25) is 5.91 Å². The van der Waals surface area contributed by atoms with Crippen molar-refractivity contribution in [2.75, 3.05) is 19.5 Å². The van der Waals surface area contributed by atoms with Gasteiger partial charge in [-0.2, -0.15) is 0 Å². The molecule has 0 aliphatic rings. The summed E-state index contributed by atoms with van der Waals surface area (Å²) < 4.78 is 18.9. The molecule has 7 heteroatoms. The van der Waals surface area contributed by atoms with E-state index in [-0.39, 0.29) is 24.1 Å². The first-order valence-corrected chi connectivity index (χ1v) is 8.39. The Morgan fingerprint density at radius 3 is 2.67 bits per heavy atom. The van der Waals surface area contributed by atoms with Gasteiger partial charge in [-0.25, -0.2) is 4.39 Å². The predicted molar refractivity (Wildman–Crippen MR) is 102 cm³/mol. The molecule has 6 nitrogen and oxygen atoms in total. The summed E-state index contributed by atoms with van der Waals surface area (Å²) in [5.74, 6) is -0.479. The van der Waals surface area contributed by atoms with Crippen molar-refractivity contribution in [1.82, 2.24) is 10.3 Å². The number of benzene rings is 2. The largest absolute Gasteiger partial charge is 0.495 e. The molecular weight excluding hydrogens is 349 g/mol. The van der Waals surface area contributed by atoms with Crippen LogP contribution in [0.5, 0.6) is 5.75 Å². The number of H-pyrrole nitrogens is 1. The van der Waals surface area contributed by atoms with Crippen molar-refractivity contribution in [3.05, 3.63) is 59.0 Å². The number of aryl methyl sites for hydroxylation is 1. The number of aromatic amines is 1. The van der Waals surface area contributed by atoms with Gasteiger partial charge in [-0.05, 0) is 48.9 Å². The van der Waals surface area contributed by atoms with Gasteiger partial charge in [0, 0.05) is 29.2 Å². The molecule has 0 spiro atoms. The second-order valence-corrected chi connectivity index (χ2v) is 6.14. The molecule has 0 aliphatic heterocycles. The molecule has 0 radical (unpaired) electrons. The maximum absolute atomic E-state index is 13.6. The fraction of sp³-hybridized carbons (Fsp3) is 0.200. The number of ether oxygens (including phenoxy) is 1. The molecule has 3 N–H and O–H groups in total. The molecule has 1 aromatic heterocycles. The van der Waals surface area contributed by atoms with Gasteiger partial charge in [0.05, 0.1) is 19.2 Å². The van der Waals surface area contributed by atoms with Crippen LogP contribution in [-0.2, 0) is 11.2 Å². The lowest BCUT2D eigenvalue weighted by Gasteiger charge is -2.12. The van der Waals surface area contributed by atoms with Crippen molar-refractivity contribution in [3.8, 4) is 5.75 Å². The van der Waals surface area contributed by atoms with Crippen LogP contribution in [0.2, 0.25) is 0 Å². The van der Waals surface area contributed by atoms with Crippen LogP contribution in [0.1, 0.15) is 21.6 Å². The number of rotatable bonds is 5. The average Bonchev–Trinajstić information content (AvgIpc) is 2.95. The number of carbonyl (C=O) groups is 2. The first-order chi connectivity index (χ1) is 12.9. The number of aromatic nitrogens is 1. The number of amides is 2. The lowest BCUT2D eigenvalue weighted by Crippen LogP contribution is -2.19. The van der Waals surface area contributed by atoms with E-state index in [2.05, 4.69) is 15.6 Å². The van der Waals surface area contributed by atoms with Crippen molar-refractivity contribution >= 4 is 28.4 Å². The molecule has 0 saturated carbocycles. The first kappa shape index (κ1) is 18.4. The second kappa shape index (κ2) is 7.49. The summed E-state index contributed by atoms with van der Waals surface area (Å²) in [7, 11) is 3.01. The number of methoxy groups -OCH3 is 1. The summed E-state index contributed by atoms with van der Waals surface area (Å²) in [6.45, 7) is 1.84.